The number of nitrogens with one attached hydrogen (secondary N) is 1. The largest absolute Gasteiger partial charge is 0.497 e. The average Bonchev–Trinajstić information content (AvgIpc) is 3.63. The first-order chi connectivity index (χ1) is 20.1. The number of urea groups is 1. The molecule has 2 aromatic rings. The molecule has 2 N–H and O–H groups in total. The van der Waals surface area contributed by atoms with Crippen molar-refractivity contribution < 1.29 is 24.2 Å². The van der Waals surface area contributed by atoms with Crippen LogP contribution in [0.1, 0.15) is 37.8 Å². The minimum atomic E-state index is -0.542. The molecule has 0 bridgehead atoms. The maximum absolute atomic E-state index is 13.6. The standard InChI is InChI=1S/C25H33N7O3.C5H10O2/c1-26-23(35-4)22(20-13-28-29-14-20)15-27-18-31-17-25(8-10-30(2)11-9-25)32(24(31)33)16-19-6-5-7-21(12-19)34-3;1-5(2,3-6)4-7/h5-7,12-15H,1,8-11,16-18H2,2-4H3,(H,28,29);3,7H,4H2,1-2H3/b23-22-,27-15-;. The van der Waals surface area contributed by atoms with Gasteiger partial charge >= 0.3 is 6.03 Å². The molecule has 2 aliphatic heterocycles. The van der Waals surface area contributed by atoms with E-state index in [1.165, 1.54) is 7.11 Å². The van der Waals surface area contributed by atoms with Gasteiger partial charge in [0.15, 0.2) is 0 Å². The van der Waals surface area contributed by atoms with Crippen molar-refractivity contribution in [3.8, 4) is 5.75 Å². The Morgan fingerprint density at radius 3 is 2.57 bits per heavy atom. The number of carbonyl (C=O) groups excluding carboxylic acids is 2. The van der Waals surface area contributed by atoms with Crippen molar-refractivity contribution in [3.63, 3.8) is 0 Å². The second-order valence-corrected chi connectivity index (χ2v) is 11.2. The van der Waals surface area contributed by atoms with Crippen molar-refractivity contribution in [2.75, 3.05) is 54.2 Å². The van der Waals surface area contributed by atoms with Crippen LogP contribution >= 0.6 is 0 Å². The molecule has 2 saturated heterocycles. The number of aliphatic imine (C=N–C) groups is 2. The Morgan fingerprint density at radius 1 is 1.29 bits per heavy atom. The first-order valence-electron chi connectivity index (χ1n) is 13.8. The SMILES string of the molecule is C=N/C(OC)=C(\C=N/CN1CC2(CCN(C)CC2)N(Cc2cccc(OC)c2)C1=O)c1cn[nH]c1.CC(C)(C=O)CO. The summed E-state index contributed by atoms with van der Waals surface area (Å²) >= 11 is 0. The summed E-state index contributed by atoms with van der Waals surface area (Å²) in [6.07, 6.45) is 7.65. The molecular weight excluding hydrogens is 538 g/mol. The van der Waals surface area contributed by atoms with E-state index in [2.05, 4.69) is 38.8 Å². The molecule has 2 aliphatic rings. The van der Waals surface area contributed by atoms with Gasteiger partial charge in [-0.15, -0.1) is 0 Å². The highest BCUT2D eigenvalue weighted by Crippen LogP contribution is 2.37. The summed E-state index contributed by atoms with van der Waals surface area (Å²) in [6.45, 7) is 10.2. The molecule has 2 amide bonds. The van der Waals surface area contributed by atoms with Gasteiger partial charge in [0.1, 0.15) is 18.7 Å². The van der Waals surface area contributed by atoms with E-state index >= 15 is 0 Å². The predicted molar refractivity (Wildman–Crippen MR) is 162 cm³/mol. The molecule has 42 heavy (non-hydrogen) atoms. The molecule has 0 radical (unpaired) electrons. The molecule has 1 aromatic carbocycles. The third kappa shape index (κ3) is 8.04. The molecule has 1 spiro atoms. The van der Waals surface area contributed by atoms with Crippen LogP contribution < -0.4 is 4.74 Å². The van der Waals surface area contributed by atoms with Crippen LogP contribution in [0.25, 0.3) is 5.57 Å². The van der Waals surface area contributed by atoms with E-state index in [1.807, 2.05) is 34.1 Å². The first kappa shape index (κ1) is 32.5. The van der Waals surface area contributed by atoms with Crippen LogP contribution in [0.5, 0.6) is 5.75 Å². The van der Waals surface area contributed by atoms with Gasteiger partial charge in [-0.05, 0) is 44.3 Å². The van der Waals surface area contributed by atoms with Crippen LogP contribution in [-0.2, 0) is 16.1 Å². The third-order valence-electron chi connectivity index (χ3n) is 7.53. The summed E-state index contributed by atoms with van der Waals surface area (Å²) in [5, 5.41) is 15.1. The number of ether oxygens (including phenoxy) is 2. The zero-order valence-corrected chi connectivity index (χ0v) is 25.2. The number of likely N-dealkylation sites (tertiary alicyclic amines) is 1. The van der Waals surface area contributed by atoms with Crippen LogP contribution in [0.4, 0.5) is 4.79 Å². The number of carbonyl (C=O) groups is 2. The number of hydrogen-bond donors (Lipinski definition) is 2. The highest BCUT2D eigenvalue weighted by atomic mass is 16.5. The van der Waals surface area contributed by atoms with E-state index in [9.17, 15) is 9.59 Å². The fourth-order valence-corrected chi connectivity index (χ4v) is 4.82. The van der Waals surface area contributed by atoms with Gasteiger partial charge in [0.2, 0.25) is 5.88 Å². The van der Waals surface area contributed by atoms with Crippen LogP contribution in [0.3, 0.4) is 0 Å². The Bertz CT molecular complexity index is 1250. The van der Waals surface area contributed by atoms with Crippen LogP contribution in [0, 0.1) is 5.41 Å². The maximum atomic E-state index is 13.6. The summed E-state index contributed by atoms with van der Waals surface area (Å²) in [5.41, 5.74) is 1.71. The van der Waals surface area contributed by atoms with Crippen molar-refractivity contribution in [1.82, 2.24) is 24.9 Å². The van der Waals surface area contributed by atoms with E-state index in [0.717, 1.165) is 49.1 Å². The predicted octanol–water partition coefficient (Wildman–Crippen LogP) is 3.07. The van der Waals surface area contributed by atoms with Gasteiger partial charge in [-0.1, -0.05) is 26.0 Å². The Balaban J connectivity index is 0.000000616. The van der Waals surface area contributed by atoms with Crippen LogP contribution in [-0.4, -0.2) is 115 Å². The molecule has 4 rings (SSSR count). The van der Waals surface area contributed by atoms with E-state index in [4.69, 9.17) is 14.6 Å². The quantitative estimate of drug-likeness (QED) is 0.237. The zero-order chi connectivity index (χ0) is 30.8. The normalized spacial score (nSPS) is 17.6. The number of methoxy groups -OCH3 is 2. The number of aldehydes is 1. The number of H-pyrrole nitrogens is 1. The fraction of sp³-hybridized carbons (Fsp3) is 0.500. The van der Waals surface area contributed by atoms with Crippen LogP contribution in [0.2, 0.25) is 0 Å². The second kappa shape index (κ2) is 14.7. The van der Waals surface area contributed by atoms with Crippen molar-refractivity contribution in [2.24, 2.45) is 15.4 Å². The number of aromatic nitrogens is 2. The molecule has 1 aromatic heterocycles. The van der Waals surface area contributed by atoms with E-state index in [-0.39, 0.29) is 24.8 Å². The number of rotatable bonds is 11. The van der Waals surface area contributed by atoms with Gasteiger partial charge in [0, 0.05) is 49.6 Å². The Morgan fingerprint density at radius 2 is 2.02 bits per heavy atom. The molecule has 2 fully saturated rings. The van der Waals surface area contributed by atoms with Crippen molar-refractivity contribution in [1.29, 1.82) is 0 Å². The number of benzene rings is 1. The lowest BCUT2D eigenvalue weighted by Crippen LogP contribution is -2.53. The average molecular weight is 582 g/mol. The van der Waals surface area contributed by atoms with Gasteiger partial charge < -0.3 is 34.1 Å². The minimum Gasteiger partial charge on any atom is -0.497 e. The van der Waals surface area contributed by atoms with E-state index in [1.54, 1.807) is 39.6 Å². The third-order valence-corrected chi connectivity index (χ3v) is 7.53. The highest BCUT2D eigenvalue weighted by Gasteiger charge is 2.50. The van der Waals surface area contributed by atoms with E-state index in [0.29, 0.717) is 24.5 Å². The van der Waals surface area contributed by atoms with Crippen molar-refractivity contribution in [2.45, 2.75) is 38.8 Å². The molecule has 0 aliphatic carbocycles. The number of hydrogen-bond acceptors (Lipinski definition) is 9. The van der Waals surface area contributed by atoms with Gasteiger partial charge in [-0.3, -0.25) is 10.1 Å². The van der Waals surface area contributed by atoms with Gasteiger partial charge in [-0.2, -0.15) is 5.10 Å². The molecule has 228 valence electrons. The smallest absolute Gasteiger partial charge is 0.322 e. The number of aromatic amines is 1. The molecular formula is C30H43N7O5. The summed E-state index contributed by atoms with van der Waals surface area (Å²) < 4.78 is 10.7. The number of allylic oxidation sites excluding steroid dienone is 1. The summed E-state index contributed by atoms with van der Waals surface area (Å²) in [7, 11) is 5.31. The lowest BCUT2D eigenvalue weighted by atomic mass is 9.86. The number of piperidine rings is 1. The van der Waals surface area contributed by atoms with E-state index < -0.39 is 5.41 Å². The summed E-state index contributed by atoms with van der Waals surface area (Å²) in [5.74, 6) is 1.13. The molecule has 12 nitrogen and oxygen atoms in total. The Hall–Kier alpha value is -4.03. The topological polar surface area (TPSA) is 136 Å². The van der Waals surface area contributed by atoms with Gasteiger partial charge in [0.05, 0.1) is 38.1 Å². The molecule has 0 unspecified atom stereocenters. The number of aliphatic hydroxyl groups excluding tert-OH is 1. The van der Waals surface area contributed by atoms with Crippen molar-refractivity contribution >= 4 is 30.8 Å². The lowest BCUT2D eigenvalue weighted by molar-refractivity contribution is -0.116. The Labute approximate surface area is 247 Å². The highest BCUT2D eigenvalue weighted by molar-refractivity contribution is 6.10. The van der Waals surface area contributed by atoms with Crippen molar-refractivity contribution in [3.05, 3.63) is 53.7 Å². The van der Waals surface area contributed by atoms with Crippen LogP contribution in [0.15, 0.2) is 52.5 Å². The second-order valence-electron chi connectivity index (χ2n) is 11.2. The zero-order valence-electron chi connectivity index (χ0n) is 25.2. The molecule has 0 saturated carbocycles. The summed E-state index contributed by atoms with van der Waals surface area (Å²) in [6, 6.07) is 7.91. The monoisotopic (exact) mass is 581 g/mol. The lowest BCUT2D eigenvalue weighted by Gasteiger charge is -2.43. The number of amides is 2. The number of nitrogens with zero attached hydrogens (tertiary/aromatic N) is 6. The first-order valence-corrected chi connectivity index (χ1v) is 13.8. The Kier molecular flexibility index (Phi) is 11.4. The fourth-order valence-electron chi connectivity index (χ4n) is 4.82. The summed E-state index contributed by atoms with van der Waals surface area (Å²) in [4.78, 5) is 38.2. The number of aliphatic hydroxyl groups is 1. The van der Waals surface area contributed by atoms with Gasteiger partial charge in [-0.25, -0.2) is 9.79 Å². The molecule has 3 heterocycles. The van der Waals surface area contributed by atoms with Gasteiger partial charge in [0.25, 0.3) is 0 Å². The molecule has 0 atom stereocenters. The minimum absolute atomic E-state index is 0.00262. The maximum Gasteiger partial charge on any atom is 0.322 e. The molecule has 12 heteroatoms.